The first-order valence-electron chi connectivity index (χ1n) is 6.92. The lowest BCUT2D eigenvalue weighted by Crippen LogP contribution is -2.16. The third kappa shape index (κ3) is 2.94. The van der Waals surface area contributed by atoms with Crippen molar-refractivity contribution in [2.45, 2.75) is 6.92 Å². The first kappa shape index (κ1) is 14.8. The summed E-state index contributed by atoms with van der Waals surface area (Å²) in [6.45, 7) is 2.44. The molecule has 3 rings (SSSR count). The minimum atomic E-state index is -0.794. The number of esters is 1. The Bertz CT molecular complexity index is 786. The Balaban J connectivity index is 1.88. The van der Waals surface area contributed by atoms with Crippen LogP contribution in [0.5, 0.6) is 17.2 Å². The molecule has 0 unspecified atom stereocenters. The third-order valence-corrected chi connectivity index (χ3v) is 3.36. The van der Waals surface area contributed by atoms with Crippen LogP contribution in [-0.2, 0) is 0 Å². The molecule has 0 fully saturated rings. The highest BCUT2D eigenvalue weighted by Gasteiger charge is 2.24. The van der Waals surface area contributed by atoms with E-state index in [1.807, 2.05) is 0 Å². The summed E-state index contributed by atoms with van der Waals surface area (Å²) in [5, 5.41) is 11.2. The molecule has 118 valence electrons. The van der Waals surface area contributed by atoms with Crippen molar-refractivity contribution in [1.29, 1.82) is 0 Å². The van der Waals surface area contributed by atoms with Gasteiger partial charge in [-0.3, -0.25) is 10.1 Å². The normalized spacial score (nSPS) is 12.6. The Morgan fingerprint density at radius 2 is 1.91 bits per heavy atom. The number of hydrogen-bond acceptors (Lipinski definition) is 6. The van der Waals surface area contributed by atoms with Crippen LogP contribution in [0.1, 0.15) is 15.9 Å². The van der Waals surface area contributed by atoms with Crippen LogP contribution in [0.2, 0.25) is 0 Å². The summed E-state index contributed by atoms with van der Waals surface area (Å²) in [5.41, 5.74) is 0.0477. The fourth-order valence-electron chi connectivity index (χ4n) is 2.32. The standard InChI is InChI=1S/C16H13NO6/c1-10-3-2-4-12(15(10)17(19)20)16(18)23-11-5-6-13-14(9-11)22-8-7-21-13/h2-6,9H,7-8H2,1H3. The fraction of sp³-hybridized carbons (Fsp3) is 0.188. The second kappa shape index (κ2) is 5.96. The van der Waals surface area contributed by atoms with Crippen LogP contribution in [0, 0.1) is 17.0 Å². The number of nitro groups is 1. The molecule has 0 saturated carbocycles. The van der Waals surface area contributed by atoms with Gasteiger partial charge in [-0.25, -0.2) is 4.79 Å². The molecular weight excluding hydrogens is 302 g/mol. The summed E-state index contributed by atoms with van der Waals surface area (Å²) in [6.07, 6.45) is 0. The topological polar surface area (TPSA) is 87.9 Å². The van der Waals surface area contributed by atoms with E-state index in [1.54, 1.807) is 31.2 Å². The molecule has 0 bridgehead atoms. The Morgan fingerprint density at radius 3 is 2.65 bits per heavy atom. The van der Waals surface area contributed by atoms with Crippen LogP contribution in [0.15, 0.2) is 36.4 Å². The molecular formula is C16H13NO6. The zero-order valence-corrected chi connectivity index (χ0v) is 12.3. The molecule has 1 aliphatic heterocycles. The Hall–Kier alpha value is -3.09. The molecule has 1 heterocycles. The van der Waals surface area contributed by atoms with Crippen molar-refractivity contribution >= 4 is 11.7 Å². The molecule has 2 aromatic rings. The van der Waals surface area contributed by atoms with Crippen molar-refractivity contribution in [3.05, 3.63) is 57.6 Å². The quantitative estimate of drug-likeness (QED) is 0.374. The van der Waals surface area contributed by atoms with Gasteiger partial charge in [0.15, 0.2) is 11.5 Å². The monoisotopic (exact) mass is 315 g/mol. The second-order valence-corrected chi connectivity index (χ2v) is 4.92. The average Bonchev–Trinajstić information content (AvgIpc) is 2.54. The first-order valence-corrected chi connectivity index (χ1v) is 6.92. The van der Waals surface area contributed by atoms with Gasteiger partial charge in [0, 0.05) is 11.6 Å². The van der Waals surface area contributed by atoms with E-state index in [-0.39, 0.29) is 17.0 Å². The molecule has 0 saturated heterocycles. The van der Waals surface area contributed by atoms with Gasteiger partial charge >= 0.3 is 5.97 Å². The van der Waals surface area contributed by atoms with Crippen LogP contribution in [0.25, 0.3) is 0 Å². The predicted octanol–water partition coefficient (Wildman–Crippen LogP) is 2.89. The van der Waals surface area contributed by atoms with Crippen molar-refractivity contribution in [3.63, 3.8) is 0 Å². The number of fused-ring (bicyclic) bond motifs is 1. The molecule has 1 aliphatic rings. The van der Waals surface area contributed by atoms with Crippen molar-refractivity contribution in [1.82, 2.24) is 0 Å². The lowest BCUT2D eigenvalue weighted by Gasteiger charge is -2.18. The summed E-state index contributed by atoms with van der Waals surface area (Å²) in [7, 11) is 0. The van der Waals surface area contributed by atoms with Gasteiger partial charge in [-0.15, -0.1) is 0 Å². The van der Waals surface area contributed by atoms with E-state index in [1.165, 1.54) is 12.1 Å². The van der Waals surface area contributed by atoms with Gasteiger partial charge < -0.3 is 14.2 Å². The molecule has 2 aromatic carbocycles. The minimum Gasteiger partial charge on any atom is -0.486 e. The number of nitro benzene ring substituents is 1. The molecule has 7 nitrogen and oxygen atoms in total. The van der Waals surface area contributed by atoms with Gasteiger partial charge in [0.2, 0.25) is 0 Å². The second-order valence-electron chi connectivity index (χ2n) is 4.92. The molecule has 0 amide bonds. The number of ether oxygens (including phenoxy) is 3. The lowest BCUT2D eigenvalue weighted by atomic mass is 10.1. The summed E-state index contributed by atoms with van der Waals surface area (Å²) >= 11 is 0. The maximum atomic E-state index is 12.3. The fourth-order valence-corrected chi connectivity index (χ4v) is 2.32. The number of aryl methyl sites for hydroxylation is 1. The predicted molar refractivity (Wildman–Crippen MR) is 80.2 cm³/mol. The molecule has 7 heteroatoms. The van der Waals surface area contributed by atoms with Gasteiger partial charge in [-0.1, -0.05) is 12.1 Å². The highest BCUT2D eigenvalue weighted by atomic mass is 16.6. The lowest BCUT2D eigenvalue weighted by molar-refractivity contribution is -0.385. The SMILES string of the molecule is Cc1cccc(C(=O)Oc2ccc3c(c2)OCCO3)c1[N+](=O)[O-]. The van der Waals surface area contributed by atoms with E-state index in [0.29, 0.717) is 30.3 Å². The molecule has 0 spiro atoms. The zero-order valence-electron chi connectivity index (χ0n) is 12.3. The van der Waals surface area contributed by atoms with Gasteiger partial charge in [-0.05, 0) is 25.1 Å². The number of nitrogens with zero attached hydrogens (tertiary/aromatic N) is 1. The van der Waals surface area contributed by atoms with E-state index < -0.39 is 10.9 Å². The summed E-state index contributed by atoms with van der Waals surface area (Å²) in [5.74, 6) is 0.477. The number of benzene rings is 2. The number of rotatable bonds is 3. The van der Waals surface area contributed by atoms with Crippen molar-refractivity contribution in [2.24, 2.45) is 0 Å². The highest BCUT2D eigenvalue weighted by Crippen LogP contribution is 2.34. The average molecular weight is 315 g/mol. The number of carbonyl (C=O) groups excluding carboxylic acids is 1. The van der Waals surface area contributed by atoms with Crippen LogP contribution >= 0.6 is 0 Å². The Morgan fingerprint density at radius 1 is 1.17 bits per heavy atom. The molecule has 23 heavy (non-hydrogen) atoms. The molecule has 0 aromatic heterocycles. The summed E-state index contributed by atoms with van der Waals surface area (Å²) < 4.78 is 16.0. The maximum absolute atomic E-state index is 12.3. The van der Waals surface area contributed by atoms with Crippen LogP contribution in [-0.4, -0.2) is 24.1 Å². The minimum absolute atomic E-state index is 0.0927. The number of para-hydroxylation sites is 1. The van der Waals surface area contributed by atoms with E-state index in [9.17, 15) is 14.9 Å². The van der Waals surface area contributed by atoms with E-state index in [2.05, 4.69) is 0 Å². The van der Waals surface area contributed by atoms with Crippen molar-refractivity contribution < 1.29 is 23.9 Å². The van der Waals surface area contributed by atoms with Gasteiger partial charge in [0.25, 0.3) is 5.69 Å². The molecule has 0 atom stereocenters. The van der Waals surface area contributed by atoms with E-state index in [4.69, 9.17) is 14.2 Å². The van der Waals surface area contributed by atoms with Gasteiger partial charge in [-0.2, -0.15) is 0 Å². The molecule has 0 aliphatic carbocycles. The van der Waals surface area contributed by atoms with Gasteiger partial charge in [0.1, 0.15) is 24.5 Å². The Labute approximate surface area is 131 Å². The van der Waals surface area contributed by atoms with Gasteiger partial charge in [0.05, 0.1) is 4.92 Å². The number of hydrogen-bond donors (Lipinski definition) is 0. The molecule has 0 radical (unpaired) electrons. The van der Waals surface area contributed by atoms with Crippen LogP contribution in [0.3, 0.4) is 0 Å². The zero-order chi connectivity index (χ0) is 16.4. The largest absolute Gasteiger partial charge is 0.486 e. The molecule has 0 N–H and O–H groups in total. The third-order valence-electron chi connectivity index (χ3n) is 3.36. The summed E-state index contributed by atoms with van der Waals surface area (Å²) in [4.78, 5) is 22.8. The Kier molecular flexibility index (Phi) is 3.84. The number of carbonyl (C=O) groups is 1. The van der Waals surface area contributed by atoms with E-state index >= 15 is 0 Å². The van der Waals surface area contributed by atoms with Crippen LogP contribution < -0.4 is 14.2 Å². The highest BCUT2D eigenvalue weighted by molar-refractivity contribution is 5.95. The van der Waals surface area contributed by atoms with E-state index in [0.717, 1.165) is 0 Å². The van der Waals surface area contributed by atoms with Crippen molar-refractivity contribution in [2.75, 3.05) is 13.2 Å². The smallest absolute Gasteiger partial charge is 0.350 e. The summed E-state index contributed by atoms with van der Waals surface area (Å²) in [6, 6.07) is 9.20. The van der Waals surface area contributed by atoms with Crippen LogP contribution in [0.4, 0.5) is 5.69 Å². The first-order chi connectivity index (χ1) is 11.1. The van der Waals surface area contributed by atoms with Crippen molar-refractivity contribution in [3.8, 4) is 17.2 Å². The maximum Gasteiger partial charge on any atom is 0.350 e.